The molecule has 0 spiro atoms. The minimum Gasteiger partial charge on any atom is -0.464 e. The summed E-state index contributed by atoms with van der Waals surface area (Å²) in [5.74, 6) is -0.822. The molecule has 16 heavy (non-hydrogen) atoms. The van der Waals surface area contributed by atoms with Crippen molar-refractivity contribution in [2.24, 2.45) is 0 Å². The highest BCUT2D eigenvalue weighted by atomic mass is 19.1. The summed E-state index contributed by atoms with van der Waals surface area (Å²) in [7, 11) is 0. The molecule has 0 aromatic carbocycles. The van der Waals surface area contributed by atoms with Crippen LogP contribution in [0.2, 0.25) is 0 Å². The van der Waals surface area contributed by atoms with Gasteiger partial charge in [-0.2, -0.15) is 0 Å². The smallest absolute Gasteiger partial charge is 0.338 e. The second-order valence-electron chi connectivity index (χ2n) is 3.72. The molecule has 2 unspecified atom stereocenters. The molecule has 1 aliphatic rings. The number of hydrogen-bond donors (Lipinski definition) is 0. The second kappa shape index (κ2) is 3.83. The molecule has 1 saturated heterocycles. The minimum atomic E-state index is -0.778. The molecule has 5 heteroatoms. The van der Waals surface area contributed by atoms with Crippen molar-refractivity contribution in [2.75, 3.05) is 6.61 Å². The fourth-order valence-corrected chi connectivity index (χ4v) is 1.57. The Kier molecular flexibility index (Phi) is 2.63. The van der Waals surface area contributed by atoms with Crippen molar-refractivity contribution in [3.63, 3.8) is 0 Å². The molecule has 2 heterocycles. The lowest BCUT2D eigenvalue weighted by Gasteiger charge is -2.05. The summed E-state index contributed by atoms with van der Waals surface area (Å²) >= 11 is 0. The molecule has 1 fully saturated rings. The Hall–Kier alpha value is -1.49. The Labute approximate surface area is 92.4 Å². The van der Waals surface area contributed by atoms with Crippen LogP contribution >= 0.6 is 0 Å². The van der Waals surface area contributed by atoms with E-state index in [1.807, 2.05) is 0 Å². The van der Waals surface area contributed by atoms with Crippen molar-refractivity contribution in [3.05, 3.63) is 29.8 Å². The molecule has 0 amide bonds. The summed E-state index contributed by atoms with van der Waals surface area (Å²) < 4.78 is 22.8. The fraction of sp³-hybridized carbons (Fsp3) is 0.455. The van der Waals surface area contributed by atoms with Crippen molar-refractivity contribution in [2.45, 2.75) is 25.6 Å². The van der Waals surface area contributed by atoms with Crippen molar-refractivity contribution < 1.29 is 18.7 Å². The summed E-state index contributed by atoms with van der Waals surface area (Å²) in [5.41, 5.74) is -0.244. The highest BCUT2D eigenvalue weighted by Crippen LogP contribution is 2.45. The number of carbonyl (C=O) groups excluding carboxylic acids is 1. The van der Waals surface area contributed by atoms with Crippen LogP contribution in [0.5, 0.6) is 0 Å². The van der Waals surface area contributed by atoms with E-state index in [9.17, 15) is 9.18 Å². The zero-order valence-electron chi connectivity index (χ0n) is 9.07. The van der Waals surface area contributed by atoms with Crippen LogP contribution in [0.4, 0.5) is 4.39 Å². The van der Waals surface area contributed by atoms with Gasteiger partial charge >= 0.3 is 5.97 Å². The SMILES string of the molecule is CCOC(=O)C1OC1(C)c1ccc(F)cn1. The largest absolute Gasteiger partial charge is 0.464 e. The Morgan fingerprint density at radius 1 is 1.69 bits per heavy atom. The van der Waals surface area contributed by atoms with Crippen molar-refractivity contribution in [3.8, 4) is 0 Å². The van der Waals surface area contributed by atoms with E-state index in [0.717, 1.165) is 6.20 Å². The van der Waals surface area contributed by atoms with Crippen LogP contribution in [-0.4, -0.2) is 23.7 Å². The molecular formula is C11H12FNO3. The van der Waals surface area contributed by atoms with Gasteiger partial charge in [0, 0.05) is 0 Å². The highest BCUT2D eigenvalue weighted by molar-refractivity contribution is 5.79. The molecular weight excluding hydrogens is 213 g/mol. The van der Waals surface area contributed by atoms with Crippen LogP contribution in [0.3, 0.4) is 0 Å². The molecule has 86 valence electrons. The third-order valence-electron chi connectivity index (χ3n) is 2.54. The summed E-state index contributed by atoms with van der Waals surface area (Å²) in [6.45, 7) is 3.77. The molecule has 0 bridgehead atoms. The average molecular weight is 225 g/mol. The van der Waals surface area contributed by atoms with E-state index in [1.54, 1.807) is 13.8 Å². The molecule has 0 N–H and O–H groups in total. The first-order valence-corrected chi connectivity index (χ1v) is 5.04. The number of pyridine rings is 1. The van der Waals surface area contributed by atoms with Crippen LogP contribution in [0, 0.1) is 5.82 Å². The zero-order chi connectivity index (χ0) is 11.8. The van der Waals surface area contributed by atoms with Gasteiger partial charge in [0.05, 0.1) is 18.5 Å². The molecule has 2 atom stereocenters. The van der Waals surface area contributed by atoms with Gasteiger partial charge in [-0.25, -0.2) is 9.18 Å². The lowest BCUT2D eigenvalue weighted by Crippen LogP contribution is -2.19. The van der Waals surface area contributed by atoms with E-state index in [2.05, 4.69) is 4.98 Å². The van der Waals surface area contributed by atoms with E-state index in [-0.39, 0.29) is 0 Å². The molecule has 1 aromatic rings. The van der Waals surface area contributed by atoms with Gasteiger partial charge in [-0.3, -0.25) is 4.98 Å². The third-order valence-corrected chi connectivity index (χ3v) is 2.54. The second-order valence-corrected chi connectivity index (χ2v) is 3.72. The topological polar surface area (TPSA) is 51.7 Å². The quantitative estimate of drug-likeness (QED) is 0.576. The lowest BCUT2D eigenvalue weighted by atomic mass is 10.0. The van der Waals surface area contributed by atoms with E-state index in [1.165, 1.54) is 12.1 Å². The van der Waals surface area contributed by atoms with Crippen molar-refractivity contribution in [1.82, 2.24) is 4.98 Å². The molecule has 0 saturated carbocycles. The number of aromatic nitrogens is 1. The first kappa shape index (κ1) is 11.0. The van der Waals surface area contributed by atoms with Gasteiger partial charge in [-0.1, -0.05) is 0 Å². The summed E-state index contributed by atoms with van der Waals surface area (Å²) in [5, 5.41) is 0. The summed E-state index contributed by atoms with van der Waals surface area (Å²) in [6.07, 6.45) is 0.468. The number of ether oxygens (including phenoxy) is 2. The number of rotatable bonds is 3. The van der Waals surface area contributed by atoms with E-state index >= 15 is 0 Å². The molecule has 4 nitrogen and oxygen atoms in total. The summed E-state index contributed by atoms with van der Waals surface area (Å²) in [6, 6.07) is 2.80. The number of carbonyl (C=O) groups is 1. The van der Waals surface area contributed by atoms with Crippen molar-refractivity contribution >= 4 is 5.97 Å². The van der Waals surface area contributed by atoms with Gasteiger partial charge in [-0.05, 0) is 26.0 Å². The third kappa shape index (κ3) is 1.78. The first-order chi connectivity index (χ1) is 7.58. The number of halogens is 1. The molecule has 0 aliphatic carbocycles. The molecule has 1 aliphatic heterocycles. The maximum atomic E-state index is 12.7. The monoisotopic (exact) mass is 225 g/mol. The lowest BCUT2D eigenvalue weighted by molar-refractivity contribution is -0.144. The first-order valence-electron chi connectivity index (χ1n) is 5.04. The van der Waals surface area contributed by atoms with Gasteiger partial charge < -0.3 is 9.47 Å². The Balaban J connectivity index is 2.12. The van der Waals surface area contributed by atoms with E-state index in [4.69, 9.17) is 9.47 Å². The zero-order valence-corrected chi connectivity index (χ0v) is 9.07. The molecule has 0 radical (unpaired) electrons. The molecule has 1 aromatic heterocycles. The maximum Gasteiger partial charge on any atom is 0.338 e. The number of esters is 1. The predicted molar refractivity (Wildman–Crippen MR) is 53.1 cm³/mol. The van der Waals surface area contributed by atoms with Gasteiger partial charge in [0.2, 0.25) is 0 Å². The van der Waals surface area contributed by atoms with Crippen LogP contribution < -0.4 is 0 Å². The minimum absolute atomic E-state index is 0.311. The Bertz CT molecular complexity index is 406. The number of epoxide rings is 1. The normalized spacial score (nSPS) is 27.6. The highest BCUT2D eigenvalue weighted by Gasteiger charge is 2.60. The predicted octanol–water partition coefficient (Wildman–Crippen LogP) is 1.40. The Morgan fingerprint density at radius 3 is 3.00 bits per heavy atom. The standard InChI is InChI=1S/C11H12FNO3/c1-3-15-10(14)9-11(2,16-9)8-5-4-7(12)6-13-8/h4-6,9H,3H2,1-2H3. The molecule has 2 rings (SSSR count). The van der Waals surface area contributed by atoms with Crippen LogP contribution in [0.1, 0.15) is 19.5 Å². The van der Waals surface area contributed by atoms with Crippen LogP contribution in [0.25, 0.3) is 0 Å². The van der Waals surface area contributed by atoms with Crippen molar-refractivity contribution in [1.29, 1.82) is 0 Å². The van der Waals surface area contributed by atoms with E-state index in [0.29, 0.717) is 12.3 Å². The van der Waals surface area contributed by atoms with Gasteiger partial charge in [0.15, 0.2) is 6.10 Å². The van der Waals surface area contributed by atoms with E-state index < -0.39 is 23.5 Å². The fourth-order valence-electron chi connectivity index (χ4n) is 1.57. The van der Waals surface area contributed by atoms with Crippen LogP contribution in [0.15, 0.2) is 18.3 Å². The van der Waals surface area contributed by atoms with Gasteiger partial charge in [-0.15, -0.1) is 0 Å². The number of hydrogen-bond acceptors (Lipinski definition) is 4. The Morgan fingerprint density at radius 2 is 2.44 bits per heavy atom. The van der Waals surface area contributed by atoms with Gasteiger partial charge in [0.25, 0.3) is 0 Å². The number of nitrogens with zero attached hydrogens (tertiary/aromatic N) is 1. The summed E-state index contributed by atoms with van der Waals surface area (Å²) in [4.78, 5) is 15.3. The van der Waals surface area contributed by atoms with Gasteiger partial charge in [0.1, 0.15) is 11.4 Å². The maximum absolute atomic E-state index is 12.7. The average Bonchev–Trinajstić information content (AvgIpc) is 2.93. The van der Waals surface area contributed by atoms with Crippen LogP contribution in [-0.2, 0) is 19.9 Å².